The van der Waals surface area contributed by atoms with Gasteiger partial charge >= 0.3 is 0 Å². The van der Waals surface area contributed by atoms with E-state index in [4.69, 9.17) is 10.5 Å². The van der Waals surface area contributed by atoms with Crippen molar-refractivity contribution in [1.29, 1.82) is 0 Å². The molecule has 116 valence electrons. The molecule has 3 N–H and O–H groups in total. The number of hydrogen-bond donors (Lipinski definition) is 2. The minimum Gasteiger partial charge on any atom is -0.478 e. The van der Waals surface area contributed by atoms with E-state index in [1.807, 2.05) is 6.92 Å². The summed E-state index contributed by atoms with van der Waals surface area (Å²) < 4.78 is 6.30. The average molecular weight is 357 g/mol. The van der Waals surface area contributed by atoms with Crippen molar-refractivity contribution in [3.8, 4) is 5.75 Å². The second kappa shape index (κ2) is 8.02. The lowest BCUT2D eigenvalue weighted by atomic mass is 10.1. The highest BCUT2D eigenvalue weighted by atomic mass is 79.9. The molecule has 0 spiro atoms. The highest BCUT2D eigenvalue weighted by Crippen LogP contribution is 2.31. The first-order chi connectivity index (χ1) is 9.86. The molecule has 1 aromatic rings. The SMILES string of the molecule is CCCCNC(=O)C(C)Oc1c(N)cc(Br)cc1C(C)=O. The summed E-state index contributed by atoms with van der Waals surface area (Å²) in [6.07, 6.45) is 1.20. The van der Waals surface area contributed by atoms with Gasteiger partial charge in [-0.15, -0.1) is 0 Å². The smallest absolute Gasteiger partial charge is 0.260 e. The molecule has 1 atom stereocenters. The van der Waals surface area contributed by atoms with Gasteiger partial charge in [0.1, 0.15) is 0 Å². The number of nitrogens with two attached hydrogens (primary N) is 1. The Morgan fingerprint density at radius 3 is 2.67 bits per heavy atom. The van der Waals surface area contributed by atoms with E-state index in [9.17, 15) is 9.59 Å². The lowest BCUT2D eigenvalue weighted by molar-refractivity contribution is -0.127. The Hall–Kier alpha value is -1.56. The number of amides is 1. The third-order valence-corrected chi connectivity index (χ3v) is 3.41. The van der Waals surface area contributed by atoms with Crippen LogP contribution in [-0.2, 0) is 4.79 Å². The first-order valence-corrected chi connectivity index (χ1v) is 7.70. The minimum atomic E-state index is -0.719. The third kappa shape index (κ3) is 5.04. The Morgan fingerprint density at radius 2 is 2.10 bits per heavy atom. The molecule has 21 heavy (non-hydrogen) atoms. The standard InChI is InChI=1S/C15H21BrN2O3/c1-4-5-6-18-15(20)10(3)21-14-12(9(2)19)7-11(16)8-13(14)17/h7-8,10H,4-6,17H2,1-3H3,(H,18,20). The Bertz CT molecular complexity index is 532. The fraction of sp³-hybridized carbons (Fsp3) is 0.467. The van der Waals surface area contributed by atoms with Gasteiger partial charge in [0.25, 0.3) is 5.91 Å². The number of nitrogen functional groups attached to an aromatic ring is 1. The van der Waals surface area contributed by atoms with Gasteiger partial charge in [-0.25, -0.2) is 0 Å². The fourth-order valence-corrected chi connectivity index (χ4v) is 2.25. The van der Waals surface area contributed by atoms with E-state index in [0.29, 0.717) is 22.3 Å². The topological polar surface area (TPSA) is 81.4 Å². The van der Waals surface area contributed by atoms with Crippen molar-refractivity contribution in [2.45, 2.75) is 39.7 Å². The fourth-order valence-electron chi connectivity index (χ4n) is 1.77. The van der Waals surface area contributed by atoms with Crippen LogP contribution in [0, 0.1) is 0 Å². The van der Waals surface area contributed by atoms with Crippen molar-refractivity contribution in [1.82, 2.24) is 5.32 Å². The first kappa shape index (κ1) is 17.5. The molecule has 0 aliphatic rings. The zero-order valence-corrected chi connectivity index (χ0v) is 14.1. The van der Waals surface area contributed by atoms with Crippen LogP contribution in [-0.4, -0.2) is 24.3 Å². The highest BCUT2D eigenvalue weighted by molar-refractivity contribution is 9.10. The summed E-state index contributed by atoms with van der Waals surface area (Å²) >= 11 is 3.29. The van der Waals surface area contributed by atoms with Crippen LogP contribution in [0.25, 0.3) is 0 Å². The number of hydrogen-bond acceptors (Lipinski definition) is 4. The van der Waals surface area contributed by atoms with Crippen molar-refractivity contribution < 1.29 is 14.3 Å². The number of carbonyl (C=O) groups is 2. The first-order valence-electron chi connectivity index (χ1n) is 6.91. The van der Waals surface area contributed by atoms with Gasteiger partial charge in [0.2, 0.25) is 0 Å². The predicted octanol–water partition coefficient (Wildman–Crippen LogP) is 2.92. The number of rotatable bonds is 7. The monoisotopic (exact) mass is 356 g/mol. The third-order valence-electron chi connectivity index (χ3n) is 2.96. The van der Waals surface area contributed by atoms with Crippen LogP contribution in [0.4, 0.5) is 5.69 Å². The van der Waals surface area contributed by atoms with E-state index < -0.39 is 6.10 Å². The van der Waals surface area contributed by atoms with E-state index >= 15 is 0 Å². The van der Waals surface area contributed by atoms with Crippen molar-refractivity contribution >= 4 is 33.3 Å². The second-order valence-corrected chi connectivity index (χ2v) is 5.75. The van der Waals surface area contributed by atoms with Crippen LogP contribution in [0.5, 0.6) is 5.75 Å². The Balaban J connectivity index is 2.87. The summed E-state index contributed by atoms with van der Waals surface area (Å²) in [4.78, 5) is 23.6. The number of nitrogens with one attached hydrogen (secondary N) is 1. The van der Waals surface area contributed by atoms with E-state index in [0.717, 1.165) is 12.8 Å². The van der Waals surface area contributed by atoms with Crippen LogP contribution in [0.2, 0.25) is 0 Å². The Morgan fingerprint density at radius 1 is 1.43 bits per heavy atom. The lowest BCUT2D eigenvalue weighted by Gasteiger charge is -2.18. The molecule has 0 saturated heterocycles. The molecule has 1 amide bonds. The number of unbranched alkanes of at least 4 members (excludes halogenated alkanes) is 1. The number of carbonyl (C=O) groups excluding carboxylic acids is 2. The van der Waals surface area contributed by atoms with Gasteiger partial charge in [-0.1, -0.05) is 29.3 Å². The van der Waals surface area contributed by atoms with Crippen molar-refractivity contribution in [3.63, 3.8) is 0 Å². The number of ketones is 1. The summed E-state index contributed by atoms with van der Waals surface area (Å²) in [5, 5.41) is 2.78. The maximum atomic E-state index is 11.9. The Kier molecular flexibility index (Phi) is 6.68. The summed E-state index contributed by atoms with van der Waals surface area (Å²) in [5.41, 5.74) is 6.57. The normalized spacial score (nSPS) is 11.8. The molecule has 6 heteroatoms. The largest absolute Gasteiger partial charge is 0.478 e. The van der Waals surface area contributed by atoms with Crippen molar-refractivity contribution in [2.75, 3.05) is 12.3 Å². The van der Waals surface area contributed by atoms with Gasteiger partial charge in [0.15, 0.2) is 17.6 Å². The van der Waals surface area contributed by atoms with Crippen molar-refractivity contribution in [3.05, 3.63) is 22.2 Å². The number of anilines is 1. The maximum absolute atomic E-state index is 11.9. The van der Waals surface area contributed by atoms with Crippen LogP contribution in [0.3, 0.4) is 0 Å². The molecule has 0 bridgehead atoms. The van der Waals surface area contributed by atoms with Crippen LogP contribution >= 0.6 is 15.9 Å². The quantitative estimate of drug-likeness (QED) is 0.447. The molecular formula is C15H21BrN2O3. The van der Waals surface area contributed by atoms with Gasteiger partial charge < -0.3 is 15.8 Å². The minimum absolute atomic E-state index is 0.170. The Labute approximate surface area is 133 Å². The summed E-state index contributed by atoms with van der Waals surface area (Å²) in [7, 11) is 0. The molecule has 0 fully saturated rings. The zero-order chi connectivity index (χ0) is 16.0. The van der Waals surface area contributed by atoms with Crippen LogP contribution in [0.1, 0.15) is 44.0 Å². The van der Waals surface area contributed by atoms with Gasteiger partial charge in [-0.2, -0.15) is 0 Å². The van der Waals surface area contributed by atoms with E-state index in [1.54, 1.807) is 19.1 Å². The van der Waals surface area contributed by atoms with E-state index in [1.165, 1.54) is 6.92 Å². The van der Waals surface area contributed by atoms with Crippen molar-refractivity contribution in [2.24, 2.45) is 0 Å². The molecule has 1 unspecified atom stereocenters. The maximum Gasteiger partial charge on any atom is 0.260 e. The summed E-state index contributed by atoms with van der Waals surface area (Å²) in [6, 6.07) is 3.28. The highest BCUT2D eigenvalue weighted by Gasteiger charge is 2.20. The van der Waals surface area contributed by atoms with Gasteiger partial charge in [0, 0.05) is 11.0 Å². The molecular weight excluding hydrogens is 336 g/mol. The van der Waals surface area contributed by atoms with Gasteiger partial charge in [-0.05, 0) is 32.4 Å². The molecule has 0 aromatic heterocycles. The summed E-state index contributed by atoms with van der Waals surface area (Å²) in [5.74, 6) is -0.138. The number of ether oxygens (including phenoxy) is 1. The van der Waals surface area contributed by atoms with Gasteiger partial charge in [-0.3, -0.25) is 9.59 Å². The number of halogens is 1. The molecule has 0 aliphatic carbocycles. The number of benzene rings is 1. The molecule has 5 nitrogen and oxygen atoms in total. The summed E-state index contributed by atoms with van der Waals surface area (Å²) in [6.45, 7) is 5.72. The molecule has 0 radical (unpaired) electrons. The van der Waals surface area contributed by atoms with Gasteiger partial charge in [0.05, 0.1) is 11.3 Å². The molecule has 0 aliphatic heterocycles. The average Bonchev–Trinajstić information content (AvgIpc) is 2.41. The van der Waals surface area contributed by atoms with E-state index in [-0.39, 0.29) is 17.4 Å². The van der Waals surface area contributed by atoms with Crippen LogP contribution < -0.4 is 15.8 Å². The molecule has 0 saturated carbocycles. The number of Topliss-reactive ketones (excluding diaryl/α,β-unsaturated/α-hetero) is 1. The lowest BCUT2D eigenvalue weighted by Crippen LogP contribution is -2.37. The second-order valence-electron chi connectivity index (χ2n) is 4.83. The van der Waals surface area contributed by atoms with Crippen LogP contribution in [0.15, 0.2) is 16.6 Å². The molecule has 0 heterocycles. The molecule has 1 aromatic carbocycles. The zero-order valence-electron chi connectivity index (χ0n) is 12.5. The molecule has 1 rings (SSSR count). The van der Waals surface area contributed by atoms with E-state index in [2.05, 4.69) is 21.2 Å². The predicted molar refractivity (Wildman–Crippen MR) is 86.6 cm³/mol.